The van der Waals surface area contributed by atoms with Crippen LogP contribution in [0.5, 0.6) is 0 Å². The summed E-state index contributed by atoms with van der Waals surface area (Å²) >= 11 is 0. The van der Waals surface area contributed by atoms with E-state index in [0.29, 0.717) is 57.8 Å². The Morgan fingerprint density at radius 3 is 1.01 bits per heavy atom. The van der Waals surface area contributed by atoms with E-state index in [2.05, 4.69) is 69.1 Å². The summed E-state index contributed by atoms with van der Waals surface area (Å²) in [6, 6.07) is -1.21. The number of allylic oxidation sites excluding steroid dienone is 3. The zero-order valence-electron chi connectivity index (χ0n) is 46.7. The molecule has 6 atom stereocenters. The lowest BCUT2D eigenvalue weighted by Gasteiger charge is -2.18. The van der Waals surface area contributed by atoms with E-state index in [4.69, 9.17) is 30.8 Å². The first-order chi connectivity index (χ1) is 36.6. The van der Waals surface area contributed by atoms with Gasteiger partial charge in [0.05, 0.1) is 36.4 Å². The van der Waals surface area contributed by atoms with Gasteiger partial charge in [-0.2, -0.15) is 0 Å². The molecule has 0 aromatic rings. The van der Waals surface area contributed by atoms with Gasteiger partial charge in [-0.05, 0) is 113 Å². The number of hydrogen-bond donors (Lipinski definition) is 3. The van der Waals surface area contributed by atoms with Gasteiger partial charge in [0.15, 0.2) is 6.10 Å². The highest BCUT2D eigenvalue weighted by Gasteiger charge is 2.21. The highest BCUT2D eigenvalue weighted by Crippen LogP contribution is 2.19. The number of carbonyl (C=O) groups is 3. The number of nitrogens with zero attached hydrogens (tertiary/aromatic N) is 9. The number of azide groups is 3. The van der Waals surface area contributed by atoms with Crippen LogP contribution in [-0.2, 0) is 28.6 Å². The third kappa shape index (κ3) is 44.3. The van der Waals surface area contributed by atoms with E-state index >= 15 is 0 Å². The lowest BCUT2D eigenvalue weighted by Crippen LogP contribution is -2.30. The van der Waals surface area contributed by atoms with Crippen molar-refractivity contribution in [3.8, 4) is 0 Å². The summed E-state index contributed by atoms with van der Waals surface area (Å²) in [6.45, 7) is 5.93. The smallest absolute Gasteiger partial charge is 0.306 e. The molecular formula is C57H101N9O9. The molecule has 0 aliphatic carbocycles. The number of hydrogen-bond acceptors (Lipinski definition) is 12. The molecule has 0 radical (unpaired) electrons. The first-order valence-corrected chi connectivity index (χ1v) is 29.2. The lowest BCUT2D eigenvalue weighted by molar-refractivity contribution is -0.167. The molecule has 428 valence electrons. The molecule has 6 unspecified atom stereocenters. The highest BCUT2D eigenvalue weighted by atomic mass is 16.6. The zero-order chi connectivity index (χ0) is 55.3. The van der Waals surface area contributed by atoms with Gasteiger partial charge in [-0.1, -0.05) is 188 Å². The first-order valence-electron chi connectivity index (χ1n) is 29.2. The van der Waals surface area contributed by atoms with Gasteiger partial charge in [0, 0.05) is 34.0 Å². The van der Waals surface area contributed by atoms with E-state index in [1.807, 2.05) is 18.2 Å². The number of ether oxygens (including phenoxy) is 3. The number of unbranched alkanes of at least 4 members (excludes halogenated alkanes) is 21. The fraction of sp³-hybridized carbons (Fsp3) is 0.842. The van der Waals surface area contributed by atoms with Crippen molar-refractivity contribution >= 4 is 17.9 Å². The van der Waals surface area contributed by atoms with Crippen LogP contribution in [-0.4, -0.2) is 89.0 Å². The van der Waals surface area contributed by atoms with Gasteiger partial charge in [0.25, 0.3) is 0 Å². The quantitative estimate of drug-likeness (QED) is 0.00991. The third-order valence-corrected chi connectivity index (χ3v) is 13.3. The molecule has 0 heterocycles. The van der Waals surface area contributed by atoms with Crippen molar-refractivity contribution in [1.29, 1.82) is 0 Å². The molecule has 0 rings (SSSR count). The minimum Gasteiger partial charge on any atom is -0.462 e. The van der Waals surface area contributed by atoms with Crippen LogP contribution >= 0.6 is 0 Å². The van der Waals surface area contributed by atoms with Gasteiger partial charge in [-0.15, -0.1) is 0 Å². The van der Waals surface area contributed by atoms with Crippen LogP contribution in [0.4, 0.5) is 0 Å². The van der Waals surface area contributed by atoms with Crippen molar-refractivity contribution in [3.05, 3.63) is 67.8 Å². The van der Waals surface area contributed by atoms with Crippen LogP contribution in [0, 0.1) is 0 Å². The van der Waals surface area contributed by atoms with Gasteiger partial charge >= 0.3 is 17.9 Å². The van der Waals surface area contributed by atoms with E-state index < -0.39 is 60.4 Å². The molecule has 0 aliphatic rings. The Morgan fingerprint density at radius 1 is 0.413 bits per heavy atom. The summed E-state index contributed by atoms with van der Waals surface area (Å²) in [5.41, 5.74) is 26.6. The van der Waals surface area contributed by atoms with Crippen molar-refractivity contribution < 1.29 is 43.9 Å². The first kappa shape index (κ1) is 70.4. The Balaban J connectivity index is 4.80. The van der Waals surface area contributed by atoms with Crippen molar-refractivity contribution in [1.82, 2.24) is 0 Å². The zero-order valence-corrected chi connectivity index (χ0v) is 46.7. The van der Waals surface area contributed by atoms with Crippen LogP contribution in [0.2, 0.25) is 0 Å². The SMILES string of the molecule is CCCCCC(N=[N+]=[N-])C(O)CC=CCCCCCCCC(=O)OCC(COC(=O)CCCCCCCC=CCC(O)C(CCCCC)N=[N+]=[N-])OC(=O)CCCCCCCC=CCC(O)C(CCCCC)N=[N+]=[N-]. The molecule has 0 amide bonds. The van der Waals surface area contributed by atoms with Crippen molar-refractivity contribution in [2.24, 2.45) is 15.3 Å². The summed E-state index contributed by atoms with van der Waals surface area (Å²) in [4.78, 5) is 47.0. The maximum atomic E-state index is 12.9. The Morgan fingerprint density at radius 2 is 0.707 bits per heavy atom. The minimum absolute atomic E-state index is 0.197. The predicted molar refractivity (Wildman–Crippen MR) is 299 cm³/mol. The summed E-state index contributed by atoms with van der Waals surface area (Å²) < 4.78 is 16.7. The largest absolute Gasteiger partial charge is 0.462 e. The number of carbonyl (C=O) groups excluding carboxylic acids is 3. The molecule has 75 heavy (non-hydrogen) atoms. The molecular weight excluding hydrogens is 955 g/mol. The number of aliphatic hydroxyl groups is 3. The standard InChI is InChI=1S/C57H101N9O9/c1-4-7-28-37-49(61-64-58)52(67)40-31-22-16-10-13-19-25-34-43-55(70)73-46-48(75-57(72)45-36-27-21-15-12-18-24-33-42-54(69)51(63-66-60)39-30-9-6-3)47-74-56(71)44-35-26-20-14-11-17-23-32-41-53(68)50(62-65-59)38-29-8-5-2/h22-24,31-33,48-54,67-69H,4-21,25-30,34-47H2,1-3H3. The third-order valence-electron chi connectivity index (χ3n) is 13.3. The molecule has 0 aromatic heterocycles. The molecule has 18 nitrogen and oxygen atoms in total. The van der Waals surface area contributed by atoms with Crippen molar-refractivity contribution in [3.63, 3.8) is 0 Å². The fourth-order valence-electron chi connectivity index (χ4n) is 8.59. The van der Waals surface area contributed by atoms with Gasteiger partial charge < -0.3 is 29.5 Å². The van der Waals surface area contributed by atoms with E-state index in [-0.39, 0.29) is 32.5 Å². The molecule has 18 heteroatoms. The maximum absolute atomic E-state index is 12.9. The number of rotatable bonds is 53. The average molecular weight is 1060 g/mol. The molecule has 3 N–H and O–H groups in total. The normalized spacial score (nSPS) is 14.3. The number of aliphatic hydroxyl groups excluding tert-OH is 3. The molecule has 0 fully saturated rings. The second-order valence-electron chi connectivity index (χ2n) is 20.0. The second kappa shape index (κ2) is 52.9. The van der Waals surface area contributed by atoms with E-state index in [9.17, 15) is 29.7 Å². The summed E-state index contributed by atoms with van der Waals surface area (Å²) in [5.74, 6) is -1.22. The van der Waals surface area contributed by atoms with Gasteiger partial charge in [0.1, 0.15) is 13.2 Å². The molecule has 0 bridgehead atoms. The van der Waals surface area contributed by atoms with Gasteiger partial charge in [-0.25, -0.2) is 0 Å². The van der Waals surface area contributed by atoms with Gasteiger partial charge in [-0.3, -0.25) is 14.4 Å². The minimum atomic E-state index is -0.908. The Hall–Kier alpha value is -4.56. The molecule has 0 saturated carbocycles. The molecule has 0 aliphatic heterocycles. The molecule has 0 aromatic carbocycles. The summed E-state index contributed by atoms with van der Waals surface area (Å²) in [5, 5.41) is 42.7. The highest BCUT2D eigenvalue weighted by molar-refractivity contribution is 5.71. The van der Waals surface area contributed by atoms with Crippen LogP contribution in [0.1, 0.15) is 252 Å². The Labute approximate surface area is 451 Å². The summed E-state index contributed by atoms with van der Waals surface area (Å²) in [7, 11) is 0. The van der Waals surface area contributed by atoms with Crippen LogP contribution in [0.15, 0.2) is 51.8 Å². The van der Waals surface area contributed by atoms with E-state index in [1.165, 1.54) is 0 Å². The number of esters is 3. The Kier molecular flexibility index (Phi) is 49.6. The maximum Gasteiger partial charge on any atom is 0.306 e. The topological polar surface area (TPSA) is 286 Å². The second-order valence-corrected chi connectivity index (χ2v) is 20.0. The molecule has 0 saturated heterocycles. The van der Waals surface area contributed by atoms with Crippen LogP contribution < -0.4 is 0 Å². The average Bonchev–Trinajstić information content (AvgIpc) is 3.40. The van der Waals surface area contributed by atoms with E-state index in [1.54, 1.807) is 0 Å². The predicted octanol–water partition coefficient (Wildman–Crippen LogP) is 15.9. The monoisotopic (exact) mass is 1060 g/mol. The fourth-order valence-corrected chi connectivity index (χ4v) is 8.59. The summed E-state index contributed by atoms with van der Waals surface area (Å²) in [6.07, 6.45) is 38.3. The van der Waals surface area contributed by atoms with Gasteiger partial charge in [0.2, 0.25) is 0 Å². The Bertz CT molecular complexity index is 1580. The van der Waals surface area contributed by atoms with Crippen LogP contribution in [0.25, 0.3) is 31.3 Å². The molecule has 0 spiro atoms. The van der Waals surface area contributed by atoms with Crippen molar-refractivity contribution in [2.75, 3.05) is 13.2 Å². The lowest BCUT2D eigenvalue weighted by atomic mass is 10.0. The van der Waals surface area contributed by atoms with Crippen molar-refractivity contribution in [2.45, 2.75) is 294 Å². The van der Waals surface area contributed by atoms with E-state index in [0.717, 1.165) is 154 Å². The van der Waals surface area contributed by atoms with Crippen LogP contribution in [0.3, 0.4) is 0 Å².